The van der Waals surface area contributed by atoms with Gasteiger partial charge in [0.2, 0.25) is 0 Å². The van der Waals surface area contributed by atoms with Gasteiger partial charge in [-0.25, -0.2) is 9.78 Å². The number of rotatable bonds is 8. The molecule has 0 saturated carbocycles. The summed E-state index contributed by atoms with van der Waals surface area (Å²) in [5, 5.41) is 2.95. The number of carbonyl (C=O) groups excluding carboxylic acids is 1. The van der Waals surface area contributed by atoms with Crippen LogP contribution in [0.4, 0.5) is 0 Å². The van der Waals surface area contributed by atoms with Gasteiger partial charge in [0.15, 0.2) is 5.65 Å². The van der Waals surface area contributed by atoms with E-state index in [2.05, 4.69) is 15.3 Å². The molecule has 0 unspecified atom stereocenters. The molecule has 0 aliphatic carbocycles. The number of fused-ring (bicyclic) bond motifs is 1. The normalized spacial score (nSPS) is 11.5. The molecule has 0 saturated heterocycles. The number of ether oxygens (including phenoxy) is 1. The van der Waals surface area contributed by atoms with E-state index in [1.54, 1.807) is 13.2 Å². The molecule has 0 spiro atoms. The molecule has 0 bridgehead atoms. The fraction of sp³-hybridized carbons (Fsp3) is 0.579. The monoisotopic (exact) mass is 376 g/mol. The van der Waals surface area contributed by atoms with Gasteiger partial charge in [-0.15, -0.1) is 0 Å². The van der Waals surface area contributed by atoms with Crippen LogP contribution in [0.25, 0.3) is 11.0 Å². The van der Waals surface area contributed by atoms with Gasteiger partial charge in [0.1, 0.15) is 0 Å². The average Bonchev–Trinajstić information content (AvgIpc) is 2.60. The third kappa shape index (κ3) is 4.82. The highest BCUT2D eigenvalue weighted by molar-refractivity contribution is 6.05. The minimum Gasteiger partial charge on any atom is -0.385 e. The topological polar surface area (TPSA) is 106 Å². The van der Waals surface area contributed by atoms with Gasteiger partial charge in [0.05, 0.1) is 10.9 Å². The van der Waals surface area contributed by atoms with Crippen molar-refractivity contribution in [3.05, 3.63) is 38.2 Å². The van der Waals surface area contributed by atoms with E-state index >= 15 is 0 Å². The molecule has 2 aromatic heterocycles. The van der Waals surface area contributed by atoms with Crippen molar-refractivity contribution in [2.24, 2.45) is 5.92 Å². The van der Waals surface area contributed by atoms with E-state index in [4.69, 9.17) is 4.74 Å². The fourth-order valence-electron chi connectivity index (χ4n) is 2.82. The molecule has 8 heteroatoms. The molecule has 0 aliphatic heterocycles. The summed E-state index contributed by atoms with van der Waals surface area (Å²) in [5.41, 5.74) is 0.0403. The molecule has 0 aliphatic rings. The van der Waals surface area contributed by atoms with Crippen molar-refractivity contribution in [2.45, 2.75) is 46.6 Å². The van der Waals surface area contributed by atoms with Gasteiger partial charge in [-0.3, -0.25) is 19.1 Å². The highest BCUT2D eigenvalue weighted by Gasteiger charge is 2.20. The summed E-state index contributed by atoms with van der Waals surface area (Å²) in [6.45, 7) is 9.20. The van der Waals surface area contributed by atoms with Crippen LogP contribution in [-0.4, -0.2) is 40.7 Å². The van der Waals surface area contributed by atoms with Gasteiger partial charge < -0.3 is 10.1 Å². The average molecular weight is 376 g/mol. The fourth-order valence-corrected chi connectivity index (χ4v) is 2.82. The number of pyridine rings is 1. The van der Waals surface area contributed by atoms with Crippen molar-refractivity contribution < 1.29 is 9.53 Å². The van der Waals surface area contributed by atoms with Crippen LogP contribution >= 0.6 is 0 Å². The standard InChI is InChI=1S/C19H28N4O4/c1-11(2)10-23-16-15(18(25)22-19(23)26)13(9-14(21-16)12(3)4)17(24)20-7-6-8-27-5/h9,11-12H,6-8,10H2,1-5H3,(H,20,24)(H,22,25,26). The maximum atomic E-state index is 12.7. The van der Waals surface area contributed by atoms with Crippen LogP contribution in [-0.2, 0) is 11.3 Å². The van der Waals surface area contributed by atoms with Crippen LogP contribution in [0.15, 0.2) is 15.7 Å². The molecule has 8 nitrogen and oxygen atoms in total. The van der Waals surface area contributed by atoms with Crippen molar-refractivity contribution >= 4 is 16.9 Å². The van der Waals surface area contributed by atoms with Crippen LogP contribution in [0, 0.1) is 5.92 Å². The Balaban J connectivity index is 2.66. The predicted octanol–water partition coefficient (Wildman–Crippen LogP) is 1.63. The lowest BCUT2D eigenvalue weighted by Gasteiger charge is -2.16. The van der Waals surface area contributed by atoms with E-state index in [1.807, 2.05) is 27.7 Å². The molecule has 0 radical (unpaired) electrons. The Labute approximate surface area is 158 Å². The zero-order valence-corrected chi connectivity index (χ0v) is 16.6. The Morgan fingerprint density at radius 3 is 2.59 bits per heavy atom. The minimum atomic E-state index is -0.597. The molecule has 2 aromatic rings. The second kappa shape index (κ2) is 8.94. The first kappa shape index (κ1) is 20.8. The lowest BCUT2D eigenvalue weighted by Crippen LogP contribution is -2.34. The van der Waals surface area contributed by atoms with Crippen molar-refractivity contribution in [3.8, 4) is 0 Å². The third-order valence-corrected chi connectivity index (χ3v) is 4.16. The molecule has 0 fully saturated rings. The zero-order valence-electron chi connectivity index (χ0n) is 16.6. The quantitative estimate of drug-likeness (QED) is 0.681. The maximum absolute atomic E-state index is 12.7. The molecule has 27 heavy (non-hydrogen) atoms. The number of aromatic nitrogens is 3. The number of amides is 1. The Kier molecular flexibility index (Phi) is 6.90. The molecule has 0 aromatic carbocycles. The van der Waals surface area contributed by atoms with E-state index in [0.29, 0.717) is 31.8 Å². The van der Waals surface area contributed by atoms with E-state index in [0.717, 1.165) is 0 Å². The Hall–Kier alpha value is -2.48. The zero-order chi connectivity index (χ0) is 20.1. The minimum absolute atomic E-state index is 0.0383. The maximum Gasteiger partial charge on any atom is 0.330 e. The Morgan fingerprint density at radius 2 is 2.00 bits per heavy atom. The number of H-pyrrole nitrogens is 1. The van der Waals surface area contributed by atoms with Gasteiger partial charge in [-0.1, -0.05) is 27.7 Å². The number of carbonyl (C=O) groups is 1. The summed E-state index contributed by atoms with van der Waals surface area (Å²) in [7, 11) is 1.60. The van der Waals surface area contributed by atoms with Crippen molar-refractivity contribution in [1.82, 2.24) is 19.9 Å². The first-order valence-corrected chi connectivity index (χ1v) is 9.21. The number of aromatic amines is 1. The third-order valence-electron chi connectivity index (χ3n) is 4.16. The van der Waals surface area contributed by atoms with Crippen LogP contribution in [0.1, 0.15) is 56.1 Å². The van der Waals surface area contributed by atoms with Gasteiger partial charge in [-0.2, -0.15) is 0 Å². The number of hydrogen-bond acceptors (Lipinski definition) is 5. The summed E-state index contributed by atoms with van der Waals surface area (Å²) in [5.74, 6) is -0.149. The second-order valence-corrected chi connectivity index (χ2v) is 7.31. The Bertz CT molecular complexity index is 928. The summed E-state index contributed by atoms with van der Waals surface area (Å²) in [6, 6.07) is 1.64. The number of hydrogen-bond donors (Lipinski definition) is 2. The largest absolute Gasteiger partial charge is 0.385 e. The second-order valence-electron chi connectivity index (χ2n) is 7.31. The van der Waals surface area contributed by atoms with Crippen LogP contribution < -0.4 is 16.6 Å². The summed E-state index contributed by atoms with van der Waals surface area (Å²) in [6.07, 6.45) is 0.663. The van der Waals surface area contributed by atoms with E-state index in [9.17, 15) is 14.4 Å². The molecule has 1 amide bonds. The first-order chi connectivity index (χ1) is 12.8. The lowest BCUT2D eigenvalue weighted by atomic mass is 10.0. The van der Waals surface area contributed by atoms with Crippen LogP contribution in [0.3, 0.4) is 0 Å². The number of nitrogens with one attached hydrogen (secondary N) is 2. The van der Waals surface area contributed by atoms with Gasteiger partial charge >= 0.3 is 5.69 Å². The van der Waals surface area contributed by atoms with E-state index < -0.39 is 11.2 Å². The highest BCUT2D eigenvalue weighted by atomic mass is 16.5. The van der Waals surface area contributed by atoms with Crippen LogP contribution in [0.5, 0.6) is 0 Å². The Morgan fingerprint density at radius 1 is 1.30 bits per heavy atom. The van der Waals surface area contributed by atoms with Gasteiger partial charge in [-0.05, 0) is 24.3 Å². The molecule has 0 atom stereocenters. The van der Waals surface area contributed by atoms with Crippen LogP contribution in [0.2, 0.25) is 0 Å². The van der Waals surface area contributed by atoms with Crippen molar-refractivity contribution in [3.63, 3.8) is 0 Å². The molecular formula is C19H28N4O4. The van der Waals surface area contributed by atoms with Crippen molar-refractivity contribution in [1.29, 1.82) is 0 Å². The van der Waals surface area contributed by atoms with Crippen molar-refractivity contribution in [2.75, 3.05) is 20.3 Å². The molecule has 2 N–H and O–H groups in total. The SMILES string of the molecule is COCCCNC(=O)c1cc(C(C)C)nc2c1c(=O)[nH]c(=O)n2CC(C)C. The molecule has 2 rings (SSSR count). The number of methoxy groups -OCH3 is 1. The molecule has 2 heterocycles. The first-order valence-electron chi connectivity index (χ1n) is 9.21. The highest BCUT2D eigenvalue weighted by Crippen LogP contribution is 2.20. The number of nitrogens with zero attached hydrogens (tertiary/aromatic N) is 2. The summed E-state index contributed by atoms with van der Waals surface area (Å²) in [4.78, 5) is 44.5. The molecular weight excluding hydrogens is 348 g/mol. The summed E-state index contributed by atoms with van der Waals surface area (Å²) >= 11 is 0. The molecule has 148 valence electrons. The predicted molar refractivity (Wildman–Crippen MR) is 104 cm³/mol. The van der Waals surface area contributed by atoms with Gasteiger partial charge in [0, 0.05) is 32.5 Å². The smallest absolute Gasteiger partial charge is 0.330 e. The van der Waals surface area contributed by atoms with Gasteiger partial charge in [0.25, 0.3) is 11.5 Å². The lowest BCUT2D eigenvalue weighted by molar-refractivity contribution is 0.0950. The van der Waals surface area contributed by atoms with E-state index in [1.165, 1.54) is 4.57 Å². The summed E-state index contributed by atoms with van der Waals surface area (Å²) < 4.78 is 6.42. The van der Waals surface area contributed by atoms with E-state index in [-0.39, 0.29) is 34.3 Å².